The summed E-state index contributed by atoms with van der Waals surface area (Å²) in [5.41, 5.74) is 3.46. The van der Waals surface area contributed by atoms with Crippen LogP contribution >= 0.6 is 27.7 Å². The van der Waals surface area contributed by atoms with Crippen molar-refractivity contribution in [2.24, 2.45) is 5.84 Å². The van der Waals surface area contributed by atoms with Crippen molar-refractivity contribution in [2.75, 3.05) is 17.0 Å². The van der Waals surface area contributed by atoms with Crippen molar-refractivity contribution in [3.05, 3.63) is 35.1 Å². The SMILES string of the molecule is CSc1cccc(Nc2ncnc(NN)c2Br)c1. The predicted molar refractivity (Wildman–Crippen MR) is 79.0 cm³/mol. The van der Waals surface area contributed by atoms with Crippen molar-refractivity contribution in [1.82, 2.24) is 9.97 Å². The number of benzene rings is 1. The van der Waals surface area contributed by atoms with Crippen molar-refractivity contribution in [3.63, 3.8) is 0 Å². The third kappa shape index (κ3) is 2.92. The van der Waals surface area contributed by atoms with Crippen LogP contribution in [0.5, 0.6) is 0 Å². The van der Waals surface area contributed by atoms with Crippen LogP contribution in [0.2, 0.25) is 0 Å². The van der Waals surface area contributed by atoms with Gasteiger partial charge in [-0.3, -0.25) is 0 Å². The molecule has 0 unspecified atom stereocenters. The van der Waals surface area contributed by atoms with E-state index < -0.39 is 0 Å². The summed E-state index contributed by atoms with van der Waals surface area (Å²) in [6, 6.07) is 8.07. The highest BCUT2D eigenvalue weighted by atomic mass is 79.9. The first kappa shape index (κ1) is 13.1. The van der Waals surface area contributed by atoms with E-state index in [4.69, 9.17) is 5.84 Å². The monoisotopic (exact) mass is 325 g/mol. The predicted octanol–water partition coefficient (Wildman–Crippen LogP) is 2.99. The molecule has 18 heavy (non-hydrogen) atoms. The number of hydrazine groups is 1. The minimum atomic E-state index is 0.536. The van der Waals surface area contributed by atoms with Crippen LogP contribution in [-0.2, 0) is 0 Å². The number of rotatable bonds is 4. The van der Waals surface area contributed by atoms with Gasteiger partial charge in [0.2, 0.25) is 0 Å². The Labute approximate surface area is 118 Å². The lowest BCUT2D eigenvalue weighted by molar-refractivity contribution is 1.12. The average Bonchev–Trinajstić information content (AvgIpc) is 2.41. The van der Waals surface area contributed by atoms with Crippen molar-refractivity contribution >= 4 is 45.0 Å². The van der Waals surface area contributed by atoms with Gasteiger partial charge in [-0.2, -0.15) is 0 Å². The zero-order valence-corrected chi connectivity index (χ0v) is 12.0. The second kappa shape index (κ2) is 6.03. The van der Waals surface area contributed by atoms with E-state index in [0.29, 0.717) is 16.1 Å². The van der Waals surface area contributed by atoms with Crippen molar-refractivity contribution in [2.45, 2.75) is 4.90 Å². The third-order valence-electron chi connectivity index (χ3n) is 2.26. The number of aromatic nitrogens is 2. The van der Waals surface area contributed by atoms with Crippen LogP contribution in [-0.4, -0.2) is 16.2 Å². The van der Waals surface area contributed by atoms with E-state index in [-0.39, 0.29) is 0 Å². The molecule has 0 aliphatic carbocycles. The number of nitrogen functional groups attached to an aromatic ring is 1. The summed E-state index contributed by atoms with van der Waals surface area (Å²) < 4.78 is 0.696. The highest BCUT2D eigenvalue weighted by Gasteiger charge is 2.07. The fourth-order valence-corrected chi connectivity index (χ4v) is 2.27. The third-order valence-corrected chi connectivity index (χ3v) is 3.74. The van der Waals surface area contributed by atoms with E-state index in [1.165, 1.54) is 11.2 Å². The summed E-state index contributed by atoms with van der Waals surface area (Å²) in [4.78, 5) is 9.34. The summed E-state index contributed by atoms with van der Waals surface area (Å²) in [6.45, 7) is 0. The van der Waals surface area contributed by atoms with Gasteiger partial charge >= 0.3 is 0 Å². The van der Waals surface area contributed by atoms with Crippen molar-refractivity contribution in [1.29, 1.82) is 0 Å². The molecule has 0 atom stereocenters. The second-order valence-electron chi connectivity index (χ2n) is 3.39. The molecule has 5 nitrogen and oxygen atoms in total. The Kier molecular flexibility index (Phi) is 4.40. The number of halogens is 1. The maximum Gasteiger partial charge on any atom is 0.159 e. The van der Waals surface area contributed by atoms with E-state index in [1.807, 2.05) is 18.4 Å². The molecule has 1 aromatic heterocycles. The summed E-state index contributed by atoms with van der Waals surface area (Å²) >= 11 is 5.09. The smallest absolute Gasteiger partial charge is 0.159 e. The molecule has 1 aromatic carbocycles. The maximum absolute atomic E-state index is 5.36. The summed E-state index contributed by atoms with van der Waals surface area (Å²) in [6.07, 6.45) is 3.48. The molecule has 94 valence electrons. The largest absolute Gasteiger partial charge is 0.339 e. The number of anilines is 3. The molecule has 2 rings (SSSR count). The van der Waals surface area contributed by atoms with Gasteiger partial charge in [-0.25, -0.2) is 15.8 Å². The summed E-state index contributed by atoms with van der Waals surface area (Å²) in [5, 5.41) is 3.21. The first-order valence-electron chi connectivity index (χ1n) is 5.13. The molecule has 7 heteroatoms. The molecular formula is C11H12BrN5S. The number of nitrogens with two attached hydrogens (primary N) is 1. The Morgan fingerprint density at radius 3 is 2.78 bits per heavy atom. The van der Waals surface area contributed by atoms with Gasteiger partial charge in [-0.1, -0.05) is 6.07 Å². The second-order valence-corrected chi connectivity index (χ2v) is 5.06. The van der Waals surface area contributed by atoms with Gasteiger partial charge < -0.3 is 10.7 Å². The molecule has 1 heterocycles. The molecule has 0 radical (unpaired) electrons. The summed E-state index contributed by atoms with van der Waals surface area (Å²) in [7, 11) is 0. The minimum Gasteiger partial charge on any atom is -0.339 e. The van der Waals surface area contributed by atoms with Crippen LogP contribution in [0.25, 0.3) is 0 Å². The molecule has 2 aromatic rings. The average molecular weight is 326 g/mol. The lowest BCUT2D eigenvalue weighted by Crippen LogP contribution is -2.10. The zero-order valence-electron chi connectivity index (χ0n) is 9.64. The van der Waals surface area contributed by atoms with E-state index in [9.17, 15) is 0 Å². The van der Waals surface area contributed by atoms with Gasteiger partial charge in [0.1, 0.15) is 16.6 Å². The molecule has 0 amide bonds. The number of hydrogen-bond donors (Lipinski definition) is 3. The fraction of sp³-hybridized carbons (Fsp3) is 0.0909. The van der Waals surface area contributed by atoms with Crippen LogP contribution in [0.4, 0.5) is 17.3 Å². The standard InChI is InChI=1S/C11H12BrN5S/c1-18-8-4-2-3-7(5-8)16-10-9(12)11(17-13)15-6-14-10/h2-6H,13H2,1H3,(H2,14,15,16,17). The Hall–Kier alpha value is -1.31. The molecule has 0 bridgehead atoms. The molecule has 0 saturated heterocycles. The Balaban J connectivity index is 2.28. The van der Waals surface area contributed by atoms with Crippen LogP contribution in [0.3, 0.4) is 0 Å². The Morgan fingerprint density at radius 1 is 1.28 bits per heavy atom. The molecule has 0 spiro atoms. The van der Waals surface area contributed by atoms with E-state index in [2.05, 4.69) is 48.8 Å². The first-order valence-corrected chi connectivity index (χ1v) is 7.14. The van der Waals surface area contributed by atoms with Gasteiger partial charge in [0.15, 0.2) is 5.82 Å². The van der Waals surface area contributed by atoms with Gasteiger partial charge in [-0.15, -0.1) is 11.8 Å². The van der Waals surface area contributed by atoms with Gasteiger partial charge in [0.05, 0.1) is 0 Å². The van der Waals surface area contributed by atoms with Crippen LogP contribution in [0.15, 0.2) is 40.0 Å². The molecule has 0 aliphatic rings. The van der Waals surface area contributed by atoms with Crippen molar-refractivity contribution in [3.8, 4) is 0 Å². The molecule has 0 fully saturated rings. The van der Waals surface area contributed by atoms with Crippen LogP contribution in [0, 0.1) is 0 Å². The molecule has 0 saturated carbocycles. The van der Waals surface area contributed by atoms with Crippen LogP contribution < -0.4 is 16.6 Å². The molecular weight excluding hydrogens is 314 g/mol. The van der Waals surface area contributed by atoms with E-state index in [0.717, 1.165) is 5.69 Å². The zero-order chi connectivity index (χ0) is 13.0. The Bertz CT molecular complexity index is 549. The first-order chi connectivity index (χ1) is 8.74. The maximum atomic E-state index is 5.36. The van der Waals surface area contributed by atoms with Crippen LogP contribution in [0.1, 0.15) is 0 Å². The highest BCUT2D eigenvalue weighted by molar-refractivity contribution is 9.10. The minimum absolute atomic E-state index is 0.536. The lowest BCUT2D eigenvalue weighted by atomic mass is 10.3. The van der Waals surface area contributed by atoms with E-state index >= 15 is 0 Å². The van der Waals surface area contributed by atoms with Gasteiger partial charge in [-0.05, 0) is 40.4 Å². The van der Waals surface area contributed by atoms with Gasteiger partial charge in [0.25, 0.3) is 0 Å². The fourth-order valence-electron chi connectivity index (χ4n) is 1.40. The van der Waals surface area contributed by atoms with Crippen molar-refractivity contribution < 1.29 is 0 Å². The molecule has 4 N–H and O–H groups in total. The molecule has 0 aliphatic heterocycles. The summed E-state index contributed by atoms with van der Waals surface area (Å²) in [5.74, 6) is 6.56. The number of hydrogen-bond acceptors (Lipinski definition) is 6. The number of nitrogens with one attached hydrogen (secondary N) is 2. The quantitative estimate of drug-likeness (QED) is 0.456. The van der Waals surface area contributed by atoms with Gasteiger partial charge in [0, 0.05) is 10.6 Å². The number of thioether (sulfide) groups is 1. The number of nitrogens with zero attached hydrogens (tertiary/aromatic N) is 2. The highest BCUT2D eigenvalue weighted by Crippen LogP contribution is 2.29. The normalized spacial score (nSPS) is 10.2. The van der Waals surface area contributed by atoms with E-state index in [1.54, 1.807) is 11.8 Å². The Morgan fingerprint density at radius 2 is 2.06 bits per heavy atom. The lowest BCUT2D eigenvalue weighted by Gasteiger charge is -2.10. The topological polar surface area (TPSA) is 75.9 Å².